The smallest absolute Gasteiger partial charge is 0.258 e. The Labute approximate surface area is 204 Å². The predicted octanol–water partition coefficient (Wildman–Crippen LogP) is 7.37. The molecule has 0 bridgehead atoms. The zero-order chi connectivity index (χ0) is 23.8. The van der Waals surface area contributed by atoms with Crippen LogP contribution in [-0.4, -0.2) is 17.4 Å². The Kier molecular flexibility index (Phi) is 7.89. The summed E-state index contributed by atoms with van der Waals surface area (Å²) in [6.45, 7) is 5.64. The minimum atomic E-state index is -0.639. The van der Waals surface area contributed by atoms with Gasteiger partial charge in [-0.1, -0.05) is 94.1 Å². The van der Waals surface area contributed by atoms with Gasteiger partial charge in [-0.2, -0.15) is 0 Å². The molecule has 34 heavy (non-hydrogen) atoms. The van der Waals surface area contributed by atoms with Gasteiger partial charge in [0.1, 0.15) is 11.4 Å². The van der Waals surface area contributed by atoms with Gasteiger partial charge < -0.3 is 15.0 Å². The molecule has 1 unspecified atom stereocenters. The SMILES string of the molecule is CCCCCCCOc1ccc(C2(CC)Nc3ccccc3C(=O)N2Cc2ccccc2)cc1. The van der Waals surface area contributed by atoms with Crippen molar-refractivity contribution in [3.05, 3.63) is 95.6 Å². The molecule has 1 aliphatic rings. The van der Waals surface area contributed by atoms with E-state index in [9.17, 15) is 4.79 Å². The van der Waals surface area contributed by atoms with E-state index in [1.165, 1.54) is 25.7 Å². The normalized spacial score (nSPS) is 17.2. The number of ether oxygens (including phenoxy) is 1. The van der Waals surface area contributed by atoms with Crippen LogP contribution in [0.5, 0.6) is 5.75 Å². The third-order valence-electron chi connectivity index (χ3n) is 6.75. The van der Waals surface area contributed by atoms with E-state index >= 15 is 0 Å². The second-order valence-corrected chi connectivity index (χ2v) is 9.05. The second-order valence-electron chi connectivity index (χ2n) is 9.05. The fourth-order valence-electron chi connectivity index (χ4n) is 4.79. The van der Waals surface area contributed by atoms with Gasteiger partial charge in [0.2, 0.25) is 0 Å². The van der Waals surface area contributed by atoms with E-state index in [-0.39, 0.29) is 5.91 Å². The molecule has 4 nitrogen and oxygen atoms in total. The van der Waals surface area contributed by atoms with E-state index < -0.39 is 5.66 Å². The summed E-state index contributed by atoms with van der Waals surface area (Å²) in [5.41, 5.74) is 3.12. The van der Waals surface area contributed by atoms with E-state index in [1.807, 2.05) is 59.5 Å². The summed E-state index contributed by atoms with van der Waals surface area (Å²) in [5, 5.41) is 3.73. The fourth-order valence-corrected chi connectivity index (χ4v) is 4.79. The molecular weight excluding hydrogens is 420 g/mol. The molecule has 0 fully saturated rings. The van der Waals surface area contributed by atoms with E-state index in [1.54, 1.807) is 0 Å². The fraction of sp³-hybridized carbons (Fsp3) is 0.367. The van der Waals surface area contributed by atoms with E-state index in [0.717, 1.165) is 42.0 Å². The number of carbonyl (C=O) groups excluding carboxylic acids is 1. The van der Waals surface area contributed by atoms with Gasteiger partial charge in [-0.25, -0.2) is 0 Å². The van der Waals surface area contributed by atoms with Crippen LogP contribution in [0.15, 0.2) is 78.9 Å². The van der Waals surface area contributed by atoms with Gasteiger partial charge in [0.05, 0.1) is 12.2 Å². The largest absolute Gasteiger partial charge is 0.494 e. The first-order valence-corrected chi connectivity index (χ1v) is 12.6. The van der Waals surface area contributed by atoms with Gasteiger partial charge >= 0.3 is 0 Å². The van der Waals surface area contributed by atoms with Gasteiger partial charge in [0.15, 0.2) is 0 Å². The topological polar surface area (TPSA) is 41.6 Å². The Morgan fingerprint density at radius 2 is 1.53 bits per heavy atom. The molecule has 0 saturated carbocycles. The highest BCUT2D eigenvalue weighted by atomic mass is 16.5. The number of hydrogen-bond acceptors (Lipinski definition) is 3. The maximum Gasteiger partial charge on any atom is 0.258 e. The number of carbonyl (C=O) groups is 1. The predicted molar refractivity (Wildman–Crippen MR) is 139 cm³/mol. The highest BCUT2D eigenvalue weighted by Crippen LogP contribution is 2.41. The molecule has 0 radical (unpaired) electrons. The molecule has 1 N–H and O–H groups in total. The van der Waals surface area contributed by atoms with Gasteiger partial charge in [0.25, 0.3) is 5.91 Å². The van der Waals surface area contributed by atoms with Crippen LogP contribution >= 0.6 is 0 Å². The number of anilines is 1. The molecule has 4 heteroatoms. The summed E-state index contributed by atoms with van der Waals surface area (Å²) in [4.78, 5) is 15.7. The zero-order valence-electron chi connectivity index (χ0n) is 20.4. The minimum absolute atomic E-state index is 0.0486. The summed E-state index contributed by atoms with van der Waals surface area (Å²) in [7, 11) is 0. The van der Waals surface area contributed by atoms with Crippen LogP contribution in [-0.2, 0) is 12.2 Å². The molecule has 1 aliphatic heterocycles. The first kappa shape index (κ1) is 23.9. The third-order valence-corrected chi connectivity index (χ3v) is 6.75. The number of fused-ring (bicyclic) bond motifs is 1. The highest BCUT2D eigenvalue weighted by Gasteiger charge is 2.44. The Hall–Kier alpha value is -3.27. The van der Waals surface area contributed by atoms with Crippen molar-refractivity contribution in [2.24, 2.45) is 0 Å². The maximum atomic E-state index is 13.7. The van der Waals surface area contributed by atoms with Crippen LogP contribution < -0.4 is 10.1 Å². The number of hydrogen-bond donors (Lipinski definition) is 1. The summed E-state index contributed by atoms with van der Waals surface area (Å²) in [5.74, 6) is 0.926. The van der Waals surface area contributed by atoms with E-state index in [2.05, 4.69) is 43.4 Å². The number of rotatable bonds is 11. The molecule has 3 aromatic rings. The molecule has 0 spiro atoms. The van der Waals surface area contributed by atoms with Crippen LogP contribution in [0.2, 0.25) is 0 Å². The Balaban J connectivity index is 1.59. The van der Waals surface area contributed by atoms with Crippen LogP contribution in [0, 0.1) is 0 Å². The molecule has 1 atom stereocenters. The lowest BCUT2D eigenvalue weighted by molar-refractivity contribution is 0.0454. The maximum absolute atomic E-state index is 13.7. The number of para-hydroxylation sites is 1. The standard InChI is InChI=1S/C30H36N2O2/c1-3-5-6-7-13-22-34-26-20-18-25(19-21-26)30(4-2)31-28-17-12-11-16-27(28)29(33)32(30)23-24-14-9-8-10-15-24/h8-12,14-21,31H,3-7,13,22-23H2,1-2H3. The van der Waals surface area contributed by atoms with Crippen LogP contribution in [0.1, 0.15) is 73.9 Å². The first-order chi connectivity index (χ1) is 16.7. The number of nitrogens with one attached hydrogen (secondary N) is 1. The molecular formula is C30H36N2O2. The average Bonchev–Trinajstić information content (AvgIpc) is 2.89. The molecule has 178 valence electrons. The lowest BCUT2D eigenvalue weighted by atomic mass is 9.89. The Morgan fingerprint density at radius 1 is 0.824 bits per heavy atom. The molecule has 0 saturated heterocycles. The number of nitrogens with zero attached hydrogens (tertiary/aromatic N) is 1. The number of benzene rings is 3. The first-order valence-electron chi connectivity index (χ1n) is 12.6. The van der Waals surface area contributed by atoms with E-state index in [0.29, 0.717) is 12.1 Å². The van der Waals surface area contributed by atoms with Crippen molar-refractivity contribution in [1.82, 2.24) is 4.90 Å². The van der Waals surface area contributed by atoms with Crippen molar-refractivity contribution in [2.75, 3.05) is 11.9 Å². The van der Waals surface area contributed by atoms with Crippen LogP contribution in [0.25, 0.3) is 0 Å². The van der Waals surface area contributed by atoms with Crippen molar-refractivity contribution >= 4 is 11.6 Å². The molecule has 3 aromatic carbocycles. The molecule has 4 rings (SSSR count). The molecule has 1 amide bonds. The summed E-state index contributed by atoms with van der Waals surface area (Å²) in [6.07, 6.45) is 6.85. The quantitative estimate of drug-likeness (QED) is 0.306. The molecule has 0 aromatic heterocycles. The summed E-state index contributed by atoms with van der Waals surface area (Å²) >= 11 is 0. The van der Waals surface area contributed by atoms with Crippen molar-refractivity contribution in [3.63, 3.8) is 0 Å². The van der Waals surface area contributed by atoms with Crippen molar-refractivity contribution in [2.45, 2.75) is 64.6 Å². The lowest BCUT2D eigenvalue weighted by Gasteiger charge is -2.48. The highest BCUT2D eigenvalue weighted by molar-refractivity contribution is 6.02. The van der Waals surface area contributed by atoms with Gasteiger partial charge in [-0.3, -0.25) is 4.79 Å². The summed E-state index contributed by atoms with van der Waals surface area (Å²) in [6, 6.07) is 26.3. The number of amides is 1. The minimum Gasteiger partial charge on any atom is -0.494 e. The monoisotopic (exact) mass is 456 g/mol. The molecule has 0 aliphatic carbocycles. The van der Waals surface area contributed by atoms with E-state index in [4.69, 9.17) is 4.74 Å². The van der Waals surface area contributed by atoms with Gasteiger partial charge in [0, 0.05) is 12.2 Å². The Morgan fingerprint density at radius 3 is 2.26 bits per heavy atom. The summed E-state index contributed by atoms with van der Waals surface area (Å²) < 4.78 is 5.99. The van der Waals surface area contributed by atoms with Crippen molar-refractivity contribution in [3.8, 4) is 5.75 Å². The van der Waals surface area contributed by atoms with Crippen molar-refractivity contribution in [1.29, 1.82) is 0 Å². The zero-order valence-corrected chi connectivity index (χ0v) is 20.4. The average molecular weight is 457 g/mol. The molecule has 1 heterocycles. The number of unbranched alkanes of at least 4 members (excludes halogenated alkanes) is 4. The van der Waals surface area contributed by atoms with Crippen LogP contribution in [0.4, 0.5) is 5.69 Å². The third kappa shape index (κ3) is 5.11. The Bertz CT molecular complexity index is 1060. The second kappa shape index (κ2) is 11.2. The van der Waals surface area contributed by atoms with Gasteiger partial charge in [-0.15, -0.1) is 0 Å². The van der Waals surface area contributed by atoms with Gasteiger partial charge in [-0.05, 0) is 48.2 Å². The lowest BCUT2D eigenvalue weighted by Crippen LogP contribution is -2.56. The van der Waals surface area contributed by atoms with Crippen LogP contribution in [0.3, 0.4) is 0 Å². The van der Waals surface area contributed by atoms with Crippen molar-refractivity contribution < 1.29 is 9.53 Å².